The first kappa shape index (κ1) is 56.6. The largest absolute Gasteiger partial charge is 0.462 e. The summed E-state index contributed by atoms with van der Waals surface area (Å²) in [5.74, 6) is -0.896. The van der Waals surface area contributed by atoms with E-state index in [1.807, 2.05) is 0 Å². The number of rotatable bonds is 46. The van der Waals surface area contributed by atoms with Crippen molar-refractivity contribution in [3.63, 3.8) is 0 Å². The van der Waals surface area contributed by atoms with Gasteiger partial charge in [-0.15, -0.1) is 0 Å². The van der Waals surface area contributed by atoms with E-state index in [0.717, 1.165) is 83.5 Å². The maximum atomic E-state index is 12.8. The van der Waals surface area contributed by atoms with Crippen LogP contribution in [0.5, 0.6) is 0 Å². The highest BCUT2D eigenvalue weighted by atomic mass is 16.6. The molecule has 6 heteroatoms. The van der Waals surface area contributed by atoms with Gasteiger partial charge in [-0.2, -0.15) is 0 Å². The van der Waals surface area contributed by atoms with Crippen LogP contribution in [-0.4, -0.2) is 37.2 Å². The molecule has 0 fully saturated rings. The zero-order valence-electron chi connectivity index (χ0n) is 39.3. The Morgan fingerprint density at radius 3 is 1.03 bits per heavy atom. The van der Waals surface area contributed by atoms with Crippen LogP contribution >= 0.6 is 0 Å². The van der Waals surface area contributed by atoms with Crippen LogP contribution < -0.4 is 0 Å². The number of esters is 3. The average molecular weight is 829 g/mol. The minimum Gasteiger partial charge on any atom is -0.462 e. The second-order valence-electron chi connectivity index (χ2n) is 17.1. The molecule has 0 aliphatic heterocycles. The van der Waals surface area contributed by atoms with Crippen molar-refractivity contribution >= 4 is 17.9 Å². The summed E-state index contributed by atoms with van der Waals surface area (Å²) >= 11 is 0. The van der Waals surface area contributed by atoms with E-state index in [1.54, 1.807) is 0 Å². The summed E-state index contributed by atoms with van der Waals surface area (Å²) in [7, 11) is 0. The topological polar surface area (TPSA) is 78.9 Å². The minimum atomic E-state index is -0.778. The maximum absolute atomic E-state index is 12.8. The van der Waals surface area contributed by atoms with Crippen molar-refractivity contribution in [1.29, 1.82) is 0 Å². The van der Waals surface area contributed by atoms with Crippen molar-refractivity contribution < 1.29 is 28.6 Å². The Bertz CT molecular complexity index is 1000. The molecule has 0 heterocycles. The van der Waals surface area contributed by atoms with Crippen LogP contribution in [0.4, 0.5) is 0 Å². The van der Waals surface area contributed by atoms with Crippen molar-refractivity contribution in [3.05, 3.63) is 36.5 Å². The number of hydrogen-bond donors (Lipinski definition) is 0. The molecule has 344 valence electrons. The molecule has 0 aliphatic carbocycles. The monoisotopic (exact) mass is 829 g/mol. The standard InChI is InChI=1S/C53H96O6/c1-4-7-10-13-16-19-22-25-28-31-34-37-40-43-46-52(55)58-49-50(48-57-51(54)45-42-39-36-33-30-27-24-21-18-15-12-9-6-3)59-53(56)47-44-41-38-35-32-29-26-23-20-17-14-11-8-5-2/h9,12,18,21,27,30,50H,4-8,10-11,13-17,19-20,22-26,28-29,31-49H2,1-3H3/b12-9-,21-18-,30-27-. The van der Waals surface area contributed by atoms with E-state index in [0.29, 0.717) is 19.3 Å². The molecule has 0 saturated carbocycles. The summed E-state index contributed by atoms with van der Waals surface area (Å²) in [4.78, 5) is 37.9. The molecule has 0 rings (SSSR count). The second kappa shape index (κ2) is 48.3. The van der Waals surface area contributed by atoms with Crippen molar-refractivity contribution in [2.45, 2.75) is 271 Å². The lowest BCUT2D eigenvalue weighted by Gasteiger charge is -2.18. The molecular formula is C53H96O6. The third-order valence-corrected chi connectivity index (χ3v) is 11.2. The van der Waals surface area contributed by atoms with Gasteiger partial charge in [0.25, 0.3) is 0 Å². The summed E-state index contributed by atoms with van der Waals surface area (Å²) in [6, 6.07) is 0. The van der Waals surface area contributed by atoms with Gasteiger partial charge in [0.2, 0.25) is 0 Å². The lowest BCUT2D eigenvalue weighted by Crippen LogP contribution is -2.30. The Labute approximate surface area is 365 Å². The first-order valence-electron chi connectivity index (χ1n) is 25.5. The molecule has 1 atom stereocenters. The molecule has 0 bridgehead atoms. The summed E-state index contributed by atoms with van der Waals surface area (Å²) in [6.45, 7) is 6.52. The van der Waals surface area contributed by atoms with Gasteiger partial charge in [0, 0.05) is 19.3 Å². The molecule has 0 aliphatic rings. The minimum absolute atomic E-state index is 0.0772. The summed E-state index contributed by atoms with van der Waals surface area (Å²) in [5.41, 5.74) is 0. The molecule has 0 amide bonds. The summed E-state index contributed by atoms with van der Waals surface area (Å²) < 4.78 is 16.8. The number of carbonyl (C=O) groups excluding carboxylic acids is 3. The van der Waals surface area contributed by atoms with Crippen molar-refractivity contribution in [3.8, 4) is 0 Å². The Balaban J connectivity index is 4.38. The number of unbranched alkanes of at least 4 members (excludes halogenated alkanes) is 29. The first-order chi connectivity index (χ1) is 29.0. The molecule has 1 unspecified atom stereocenters. The highest BCUT2D eigenvalue weighted by Crippen LogP contribution is 2.16. The SMILES string of the molecule is CC/C=C\C/C=C\C/C=C\CCCCCC(=O)OCC(COC(=O)CCCCCCCCCCCCCCCC)OC(=O)CCCCCCCCCCCCCCCC. The van der Waals surface area contributed by atoms with Gasteiger partial charge in [-0.25, -0.2) is 0 Å². The highest BCUT2D eigenvalue weighted by molar-refractivity contribution is 5.71. The predicted octanol–water partition coefficient (Wildman–Crippen LogP) is 16.5. The summed E-state index contributed by atoms with van der Waals surface area (Å²) in [5, 5.41) is 0. The van der Waals surface area contributed by atoms with Crippen LogP contribution in [0.1, 0.15) is 265 Å². The van der Waals surface area contributed by atoms with Crippen LogP contribution in [0.15, 0.2) is 36.5 Å². The van der Waals surface area contributed by atoms with E-state index < -0.39 is 6.10 Å². The fourth-order valence-electron chi connectivity index (χ4n) is 7.34. The van der Waals surface area contributed by atoms with Crippen LogP contribution in [0, 0.1) is 0 Å². The molecular weight excluding hydrogens is 733 g/mol. The van der Waals surface area contributed by atoms with E-state index in [2.05, 4.69) is 57.2 Å². The molecule has 0 aromatic heterocycles. The predicted molar refractivity (Wildman–Crippen MR) is 252 cm³/mol. The van der Waals surface area contributed by atoms with Crippen molar-refractivity contribution in [2.75, 3.05) is 13.2 Å². The van der Waals surface area contributed by atoms with Crippen LogP contribution in [0.25, 0.3) is 0 Å². The Morgan fingerprint density at radius 1 is 0.356 bits per heavy atom. The fourth-order valence-corrected chi connectivity index (χ4v) is 7.34. The summed E-state index contributed by atoms with van der Waals surface area (Å²) in [6.07, 6.45) is 55.5. The van der Waals surface area contributed by atoms with E-state index >= 15 is 0 Å². The van der Waals surface area contributed by atoms with Crippen LogP contribution in [0.2, 0.25) is 0 Å². The van der Waals surface area contributed by atoms with Gasteiger partial charge in [-0.3, -0.25) is 14.4 Å². The van der Waals surface area contributed by atoms with Gasteiger partial charge in [0.15, 0.2) is 6.10 Å². The Morgan fingerprint density at radius 2 is 0.661 bits per heavy atom. The van der Waals surface area contributed by atoms with Gasteiger partial charge in [-0.05, 0) is 51.4 Å². The van der Waals surface area contributed by atoms with Gasteiger partial charge in [0.1, 0.15) is 13.2 Å². The zero-order valence-corrected chi connectivity index (χ0v) is 39.3. The van der Waals surface area contributed by atoms with Crippen molar-refractivity contribution in [2.24, 2.45) is 0 Å². The smallest absolute Gasteiger partial charge is 0.306 e. The van der Waals surface area contributed by atoms with Gasteiger partial charge in [0.05, 0.1) is 0 Å². The third kappa shape index (κ3) is 46.5. The van der Waals surface area contributed by atoms with E-state index in [-0.39, 0.29) is 31.1 Å². The van der Waals surface area contributed by atoms with Gasteiger partial charge >= 0.3 is 17.9 Å². The fraction of sp³-hybridized carbons (Fsp3) is 0.830. The lowest BCUT2D eigenvalue weighted by molar-refractivity contribution is -0.167. The normalized spacial score (nSPS) is 12.3. The van der Waals surface area contributed by atoms with Gasteiger partial charge < -0.3 is 14.2 Å². The van der Waals surface area contributed by atoms with Crippen molar-refractivity contribution in [1.82, 2.24) is 0 Å². The Kier molecular flexibility index (Phi) is 46.4. The highest BCUT2D eigenvalue weighted by Gasteiger charge is 2.19. The molecule has 0 aromatic rings. The van der Waals surface area contributed by atoms with E-state index in [9.17, 15) is 14.4 Å². The number of carbonyl (C=O) groups is 3. The van der Waals surface area contributed by atoms with Crippen LogP contribution in [-0.2, 0) is 28.6 Å². The van der Waals surface area contributed by atoms with Gasteiger partial charge in [-0.1, -0.05) is 231 Å². The average Bonchev–Trinajstić information content (AvgIpc) is 3.23. The van der Waals surface area contributed by atoms with E-state index in [1.165, 1.54) is 141 Å². The second-order valence-corrected chi connectivity index (χ2v) is 17.1. The molecule has 59 heavy (non-hydrogen) atoms. The quantitative estimate of drug-likeness (QED) is 0.0263. The number of ether oxygens (including phenoxy) is 3. The molecule has 6 nitrogen and oxygen atoms in total. The molecule has 0 aromatic carbocycles. The Hall–Kier alpha value is -2.37. The number of hydrogen-bond acceptors (Lipinski definition) is 6. The lowest BCUT2D eigenvalue weighted by atomic mass is 10.0. The third-order valence-electron chi connectivity index (χ3n) is 11.2. The molecule has 0 N–H and O–H groups in total. The van der Waals surface area contributed by atoms with Crippen LogP contribution in [0.3, 0.4) is 0 Å². The maximum Gasteiger partial charge on any atom is 0.306 e. The van der Waals surface area contributed by atoms with E-state index in [4.69, 9.17) is 14.2 Å². The number of allylic oxidation sites excluding steroid dienone is 6. The first-order valence-corrected chi connectivity index (χ1v) is 25.5. The molecule has 0 spiro atoms. The molecule has 0 radical (unpaired) electrons. The molecule has 0 saturated heterocycles. The zero-order chi connectivity index (χ0) is 43.0.